The van der Waals surface area contributed by atoms with Crippen molar-refractivity contribution in [3.63, 3.8) is 0 Å². The van der Waals surface area contributed by atoms with Crippen LogP contribution < -0.4 is 9.47 Å². The van der Waals surface area contributed by atoms with Gasteiger partial charge in [-0.25, -0.2) is 0 Å². The molecule has 0 amide bonds. The van der Waals surface area contributed by atoms with Gasteiger partial charge in [0.05, 0.1) is 33.4 Å². The summed E-state index contributed by atoms with van der Waals surface area (Å²) in [4.78, 5) is 0. The van der Waals surface area contributed by atoms with E-state index in [2.05, 4.69) is 118 Å². The lowest BCUT2D eigenvalue weighted by molar-refractivity contribution is 0.359. The molecule has 1 aliphatic heterocycles. The van der Waals surface area contributed by atoms with Crippen LogP contribution >= 0.6 is 0 Å². The fourth-order valence-corrected chi connectivity index (χ4v) is 6.28. The third kappa shape index (κ3) is 2.90. The van der Waals surface area contributed by atoms with Crippen molar-refractivity contribution in [2.45, 2.75) is 0 Å². The Labute approximate surface area is 229 Å². The van der Waals surface area contributed by atoms with E-state index in [1.807, 2.05) is 24.3 Å². The average Bonchev–Trinajstić information content (AvgIpc) is 3.53. The second-order valence-corrected chi connectivity index (χ2v) is 10.2. The summed E-state index contributed by atoms with van der Waals surface area (Å²) in [5.74, 6) is 2.81. The topological polar surface area (TPSA) is 28.3 Å². The summed E-state index contributed by atoms with van der Waals surface area (Å²) < 4.78 is 17.8. The predicted molar refractivity (Wildman–Crippen MR) is 162 cm³/mol. The molecule has 0 N–H and O–H groups in total. The Hall–Kier alpha value is -5.48. The van der Waals surface area contributed by atoms with Crippen molar-refractivity contribution >= 4 is 43.6 Å². The van der Waals surface area contributed by atoms with Gasteiger partial charge in [0.25, 0.3) is 0 Å². The van der Waals surface area contributed by atoms with Gasteiger partial charge in [0, 0.05) is 27.6 Å². The largest absolute Gasteiger partial charge is 0.449 e. The van der Waals surface area contributed by atoms with Gasteiger partial charge in [-0.2, -0.15) is 0 Å². The van der Waals surface area contributed by atoms with E-state index in [-0.39, 0.29) is 0 Å². The first-order valence-corrected chi connectivity index (χ1v) is 13.4. The van der Waals surface area contributed by atoms with Gasteiger partial charge < -0.3 is 18.6 Å². The van der Waals surface area contributed by atoms with E-state index in [9.17, 15) is 0 Å². The zero-order chi connectivity index (χ0) is 26.2. The van der Waals surface area contributed by atoms with Gasteiger partial charge in [0.15, 0.2) is 23.0 Å². The van der Waals surface area contributed by atoms with Gasteiger partial charge in [-0.3, -0.25) is 0 Å². The van der Waals surface area contributed by atoms with Crippen LogP contribution in [0.5, 0.6) is 23.0 Å². The minimum atomic E-state index is 0.690. The van der Waals surface area contributed by atoms with Crippen molar-refractivity contribution in [1.29, 1.82) is 0 Å². The van der Waals surface area contributed by atoms with Gasteiger partial charge >= 0.3 is 0 Å². The normalized spacial score (nSPS) is 12.4. The number of hydrogen-bond acceptors (Lipinski definition) is 2. The zero-order valence-electron chi connectivity index (χ0n) is 21.4. The summed E-state index contributed by atoms with van der Waals surface area (Å²) in [5.41, 5.74) is 6.47. The molecular weight excluding hydrogens is 492 g/mol. The molecule has 4 heteroatoms. The molecule has 40 heavy (non-hydrogen) atoms. The van der Waals surface area contributed by atoms with E-state index in [1.54, 1.807) is 0 Å². The Morgan fingerprint density at radius 2 is 0.800 bits per heavy atom. The Kier molecular flexibility index (Phi) is 4.30. The maximum Gasteiger partial charge on any atom is 0.194 e. The standard InChI is InChI=1S/C36H22N2O2/c1-5-15-28-24(11-1)25-12-2-6-16-29(25)37(28)23-21-32(36-35(22-23)39-33-19-9-10-20-34(33)40-36)38-30-17-7-3-13-26(30)27-14-4-8-18-31(27)38/h1-22H. The lowest BCUT2D eigenvalue weighted by atomic mass is 10.2. The number of ether oxygens (including phenoxy) is 2. The quantitative estimate of drug-likeness (QED) is 0.230. The molecule has 0 spiro atoms. The summed E-state index contributed by atoms with van der Waals surface area (Å²) in [7, 11) is 0. The SMILES string of the molecule is c1ccc2c(c1)Oc1cc(-n3c4ccccc4c4ccccc43)cc(-n3c4ccccc4c4ccccc43)c1O2. The molecule has 0 radical (unpaired) electrons. The summed E-state index contributed by atoms with van der Waals surface area (Å²) >= 11 is 0. The van der Waals surface area contributed by atoms with Crippen LogP contribution in [-0.4, -0.2) is 9.13 Å². The van der Waals surface area contributed by atoms with E-state index in [1.165, 1.54) is 21.5 Å². The van der Waals surface area contributed by atoms with Crippen LogP contribution in [-0.2, 0) is 0 Å². The second-order valence-electron chi connectivity index (χ2n) is 10.2. The molecule has 0 aliphatic carbocycles. The first-order valence-electron chi connectivity index (χ1n) is 13.4. The van der Waals surface area contributed by atoms with Crippen LogP contribution in [0.4, 0.5) is 0 Å². The number of fused-ring (bicyclic) bond motifs is 8. The molecule has 1 aliphatic rings. The highest BCUT2D eigenvalue weighted by Crippen LogP contribution is 2.50. The molecule has 8 aromatic rings. The van der Waals surface area contributed by atoms with Crippen molar-refractivity contribution < 1.29 is 9.47 Å². The van der Waals surface area contributed by atoms with Gasteiger partial charge in [0.1, 0.15) is 0 Å². The first-order chi connectivity index (χ1) is 19.8. The van der Waals surface area contributed by atoms with E-state index < -0.39 is 0 Å². The van der Waals surface area contributed by atoms with Crippen molar-refractivity contribution in [3.05, 3.63) is 133 Å². The summed E-state index contributed by atoms with van der Waals surface area (Å²) in [6.45, 7) is 0. The highest BCUT2D eigenvalue weighted by Gasteiger charge is 2.26. The zero-order valence-corrected chi connectivity index (χ0v) is 21.4. The highest BCUT2D eigenvalue weighted by molar-refractivity contribution is 6.10. The number of aromatic nitrogens is 2. The Bertz CT molecular complexity index is 2180. The minimum Gasteiger partial charge on any atom is -0.449 e. The fraction of sp³-hybridized carbons (Fsp3) is 0. The summed E-state index contributed by atoms with van der Waals surface area (Å²) in [6, 6.07) is 46.4. The van der Waals surface area contributed by atoms with Crippen LogP contribution in [0.3, 0.4) is 0 Å². The van der Waals surface area contributed by atoms with Gasteiger partial charge in [-0.1, -0.05) is 84.9 Å². The fourth-order valence-electron chi connectivity index (χ4n) is 6.28. The molecule has 3 heterocycles. The molecule has 0 bridgehead atoms. The smallest absolute Gasteiger partial charge is 0.194 e. The molecule has 2 aromatic heterocycles. The Morgan fingerprint density at radius 3 is 1.32 bits per heavy atom. The second kappa shape index (κ2) is 8.01. The lowest BCUT2D eigenvalue weighted by Gasteiger charge is -2.25. The number of para-hydroxylation sites is 6. The highest BCUT2D eigenvalue weighted by atomic mass is 16.6. The van der Waals surface area contributed by atoms with Crippen LogP contribution in [0, 0.1) is 0 Å². The molecule has 0 fully saturated rings. The third-order valence-electron chi connectivity index (χ3n) is 7.96. The van der Waals surface area contributed by atoms with Gasteiger partial charge in [0.2, 0.25) is 0 Å². The third-order valence-corrected chi connectivity index (χ3v) is 7.96. The van der Waals surface area contributed by atoms with E-state index in [4.69, 9.17) is 9.47 Å². The number of nitrogens with zero attached hydrogens (tertiary/aromatic N) is 2. The molecule has 0 unspecified atom stereocenters. The van der Waals surface area contributed by atoms with Gasteiger partial charge in [-0.05, 0) is 42.5 Å². The van der Waals surface area contributed by atoms with Crippen LogP contribution in [0.2, 0.25) is 0 Å². The maximum atomic E-state index is 6.62. The minimum absolute atomic E-state index is 0.690. The van der Waals surface area contributed by atoms with E-state index >= 15 is 0 Å². The van der Waals surface area contributed by atoms with E-state index in [0.29, 0.717) is 23.0 Å². The maximum absolute atomic E-state index is 6.62. The molecule has 188 valence electrons. The summed E-state index contributed by atoms with van der Waals surface area (Å²) in [5, 5.41) is 4.84. The van der Waals surface area contributed by atoms with Crippen molar-refractivity contribution in [3.8, 4) is 34.4 Å². The number of hydrogen-bond donors (Lipinski definition) is 0. The van der Waals surface area contributed by atoms with Crippen molar-refractivity contribution in [1.82, 2.24) is 9.13 Å². The summed E-state index contributed by atoms with van der Waals surface area (Å²) in [6.07, 6.45) is 0. The molecule has 9 rings (SSSR count). The average molecular weight is 515 g/mol. The van der Waals surface area contributed by atoms with Gasteiger partial charge in [-0.15, -0.1) is 0 Å². The monoisotopic (exact) mass is 514 g/mol. The van der Waals surface area contributed by atoms with E-state index in [0.717, 1.165) is 33.4 Å². The molecule has 0 saturated heterocycles. The van der Waals surface area contributed by atoms with Crippen LogP contribution in [0.1, 0.15) is 0 Å². The lowest BCUT2D eigenvalue weighted by Crippen LogP contribution is -2.06. The van der Waals surface area contributed by atoms with Crippen LogP contribution in [0.25, 0.3) is 55.0 Å². The molecule has 4 nitrogen and oxygen atoms in total. The molecule has 0 saturated carbocycles. The number of benzene rings is 6. The predicted octanol–water partition coefficient (Wildman–Crippen LogP) is 9.78. The molecule has 6 aromatic carbocycles. The Balaban J connectivity index is 1.42. The van der Waals surface area contributed by atoms with Crippen molar-refractivity contribution in [2.24, 2.45) is 0 Å². The van der Waals surface area contributed by atoms with Crippen molar-refractivity contribution in [2.75, 3.05) is 0 Å². The molecular formula is C36H22N2O2. The van der Waals surface area contributed by atoms with Crippen LogP contribution in [0.15, 0.2) is 133 Å². The number of rotatable bonds is 2. The first kappa shape index (κ1) is 21.5. The Morgan fingerprint density at radius 1 is 0.375 bits per heavy atom. The molecule has 0 atom stereocenters.